The van der Waals surface area contributed by atoms with Crippen LogP contribution in [0, 0.1) is 5.82 Å². The van der Waals surface area contributed by atoms with Gasteiger partial charge < -0.3 is 16.0 Å². The molecule has 2 aromatic rings. The molecule has 3 amide bonds. The number of benzene rings is 2. The molecule has 1 unspecified atom stereocenters. The first-order valence-electron chi connectivity index (χ1n) is 8.01. The summed E-state index contributed by atoms with van der Waals surface area (Å²) in [6.07, 6.45) is 0. The van der Waals surface area contributed by atoms with Gasteiger partial charge in [0, 0.05) is 30.8 Å². The van der Waals surface area contributed by atoms with Crippen molar-refractivity contribution in [1.29, 1.82) is 0 Å². The van der Waals surface area contributed by atoms with E-state index in [2.05, 4.69) is 16.0 Å². The van der Waals surface area contributed by atoms with Crippen LogP contribution in [-0.2, 0) is 9.59 Å². The Kier molecular flexibility index (Phi) is 6.06. The van der Waals surface area contributed by atoms with E-state index in [1.165, 1.54) is 38.1 Å². The lowest BCUT2D eigenvalue weighted by Gasteiger charge is -2.16. The molecule has 0 fully saturated rings. The number of rotatable bonds is 5. The van der Waals surface area contributed by atoms with E-state index in [-0.39, 0.29) is 35.1 Å². The minimum absolute atomic E-state index is 0.272. The Morgan fingerprint density at radius 3 is 1.85 bits per heavy atom. The van der Waals surface area contributed by atoms with Crippen LogP contribution in [0.1, 0.15) is 42.7 Å². The summed E-state index contributed by atoms with van der Waals surface area (Å²) in [6.45, 7) is 4.47. The summed E-state index contributed by atoms with van der Waals surface area (Å²) < 4.78 is 13.0. The molecule has 0 saturated heterocycles. The molecular formula is C19H20FN3O3. The number of halogens is 1. The van der Waals surface area contributed by atoms with Crippen molar-refractivity contribution in [1.82, 2.24) is 5.32 Å². The lowest BCUT2D eigenvalue weighted by atomic mass is 10.1. The molecule has 0 aliphatic carbocycles. The van der Waals surface area contributed by atoms with E-state index in [0.29, 0.717) is 11.4 Å². The number of nitrogens with one attached hydrogen (secondary N) is 3. The molecule has 7 heteroatoms. The number of anilines is 2. The summed E-state index contributed by atoms with van der Waals surface area (Å²) in [5.74, 6) is -1.33. The fraction of sp³-hybridized carbons (Fsp3) is 0.211. The van der Waals surface area contributed by atoms with Crippen LogP contribution >= 0.6 is 0 Å². The van der Waals surface area contributed by atoms with Gasteiger partial charge in [0.1, 0.15) is 5.82 Å². The third kappa shape index (κ3) is 5.41. The summed E-state index contributed by atoms with van der Waals surface area (Å²) in [7, 11) is 0. The molecule has 2 aromatic carbocycles. The number of amides is 3. The molecule has 26 heavy (non-hydrogen) atoms. The van der Waals surface area contributed by atoms with Gasteiger partial charge in [-0.3, -0.25) is 14.4 Å². The molecule has 0 saturated carbocycles. The fourth-order valence-electron chi connectivity index (χ4n) is 2.42. The van der Waals surface area contributed by atoms with Gasteiger partial charge in [-0.15, -0.1) is 0 Å². The summed E-state index contributed by atoms with van der Waals surface area (Å²) in [6, 6.07) is 10.1. The van der Waals surface area contributed by atoms with Crippen LogP contribution in [0.2, 0.25) is 0 Å². The van der Waals surface area contributed by atoms with Crippen molar-refractivity contribution in [2.24, 2.45) is 0 Å². The first-order chi connectivity index (χ1) is 12.2. The molecule has 0 heterocycles. The Labute approximate surface area is 150 Å². The maximum Gasteiger partial charge on any atom is 0.251 e. The van der Waals surface area contributed by atoms with Crippen LogP contribution in [0.4, 0.5) is 15.8 Å². The van der Waals surface area contributed by atoms with Gasteiger partial charge in [0.05, 0.1) is 6.04 Å². The zero-order valence-electron chi connectivity index (χ0n) is 14.7. The van der Waals surface area contributed by atoms with Gasteiger partial charge >= 0.3 is 0 Å². The molecule has 0 aliphatic heterocycles. The lowest BCUT2D eigenvalue weighted by Crippen LogP contribution is -2.27. The van der Waals surface area contributed by atoms with E-state index >= 15 is 0 Å². The van der Waals surface area contributed by atoms with Crippen LogP contribution < -0.4 is 16.0 Å². The standard InChI is InChI=1S/C19H20FN3O3/c1-11(14-4-6-16(20)7-5-14)21-19(26)15-8-17(22-12(2)24)10-18(9-15)23-13(3)25/h4-11H,1-3H3,(H,21,26)(H,22,24)(H,23,25). The molecule has 0 spiro atoms. The average Bonchev–Trinajstić information content (AvgIpc) is 2.53. The molecular weight excluding hydrogens is 337 g/mol. The third-order valence-electron chi connectivity index (χ3n) is 3.55. The molecule has 0 bridgehead atoms. The van der Waals surface area contributed by atoms with Crippen LogP contribution in [0.5, 0.6) is 0 Å². The minimum Gasteiger partial charge on any atom is -0.346 e. The van der Waals surface area contributed by atoms with E-state index in [0.717, 1.165) is 5.56 Å². The number of hydrogen-bond acceptors (Lipinski definition) is 3. The van der Waals surface area contributed by atoms with Gasteiger partial charge in [-0.25, -0.2) is 4.39 Å². The van der Waals surface area contributed by atoms with Crippen molar-refractivity contribution in [3.63, 3.8) is 0 Å². The molecule has 3 N–H and O–H groups in total. The molecule has 136 valence electrons. The smallest absolute Gasteiger partial charge is 0.251 e. The highest BCUT2D eigenvalue weighted by Crippen LogP contribution is 2.21. The highest BCUT2D eigenvalue weighted by molar-refractivity contribution is 6.00. The van der Waals surface area contributed by atoms with Crippen molar-refractivity contribution in [2.45, 2.75) is 26.8 Å². The Hall–Kier alpha value is -3.22. The van der Waals surface area contributed by atoms with E-state index in [1.54, 1.807) is 25.1 Å². The minimum atomic E-state index is -0.388. The Morgan fingerprint density at radius 1 is 0.885 bits per heavy atom. The monoisotopic (exact) mass is 357 g/mol. The third-order valence-corrected chi connectivity index (χ3v) is 3.55. The van der Waals surface area contributed by atoms with E-state index in [4.69, 9.17) is 0 Å². The van der Waals surface area contributed by atoms with Crippen molar-refractivity contribution in [3.8, 4) is 0 Å². The van der Waals surface area contributed by atoms with Crippen LogP contribution in [0.3, 0.4) is 0 Å². The van der Waals surface area contributed by atoms with Crippen molar-refractivity contribution in [3.05, 3.63) is 59.4 Å². The van der Waals surface area contributed by atoms with E-state index in [1.807, 2.05) is 0 Å². The quantitative estimate of drug-likeness (QED) is 0.768. The molecule has 0 aromatic heterocycles. The topological polar surface area (TPSA) is 87.3 Å². The molecule has 1 atom stereocenters. The predicted octanol–water partition coefficient (Wildman–Crippen LogP) is 3.23. The highest BCUT2D eigenvalue weighted by atomic mass is 19.1. The predicted molar refractivity (Wildman–Crippen MR) is 97.3 cm³/mol. The van der Waals surface area contributed by atoms with Gasteiger partial charge in [0.2, 0.25) is 11.8 Å². The maximum atomic E-state index is 13.0. The second-order valence-electron chi connectivity index (χ2n) is 5.91. The van der Waals surface area contributed by atoms with E-state index < -0.39 is 0 Å². The summed E-state index contributed by atoms with van der Waals surface area (Å²) in [5.41, 5.74) is 1.81. The zero-order valence-corrected chi connectivity index (χ0v) is 14.7. The number of hydrogen-bond donors (Lipinski definition) is 3. The van der Waals surface area contributed by atoms with Crippen LogP contribution in [0.25, 0.3) is 0 Å². The molecule has 0 radical (unpaired) electrons. The van der Waals surface area contributed by atoms with Gasteiger partial charge in [0.15, 0.2) is 0 Å². The molecule has 6 nitrogen and oxygen atoms in total. The van der Waals surface area contributed by atoms with Gasteiger partial charge in [-0.1, -0.05) is 12.1 Å². The summed E-state index contributed by atoms with van der Waals surface area (Å²) in [4.78, 5) is 35.1. The lowest BCUT2D eigenvalue weighted by molar-refractivity contribution is -0.115. The van der Waals surface area contributed by atoms with Crippen molar-refractivity contribution >= 4 is 29.1 Å². The first kappa shape index (κ1) is 19.1. The SMILES string of the molecule is CC(=O)Nc1cc(NC(C)=O)cc(C(=O)NC(C)c2ccc(F)cc2)c1. The number of carbonyl (C=O) groups is 3. The Balaban J connectivity index is 2.23. The normalized spacial score (nSPS) is 11.4. The summed E-state index contributed by atoms with van der Waals surface area (Å²) in [5, 5.41) is 7.99. The van der Waals surface area contributed by atoms with Gasteiger partial charge in [0.25, 0.3) is 5.91 Å². The largest absolute Gasteiger partial charge is 0.346 e. The van der Waals surface area contributed by atoms with E-state index in [9.17, 15) is 18.8 Å². The van der Waals surface area contributed by atoms with Crippen molar-refractivity contribution in [2.75, 3.05) is 10.6 Å². The zero-order chi connectivity index (χ0) is 19.3. The highest BCUT2D eigenvalue weighted by Gasteiger charge is 2.14. The second-order valence-corrected chi connectivity index (χ2v) is 5.91. The van der Waals surface area contributed by atoms with Gasteiger partial charge in [-0.05, 0) is 42.8 Å². The first-order valence-corrected chi connectivity index (χ1v) is 8.01. The van der Waals surface area contributed by atoms with Crippen molar-refractivity contribution < 1.29 is 18.8 Å². The van der Waals surface area contributed by atoms with Crippen LogP contribution in [0.15, 0.2) is 42.5 Å². The maximum absolute atomic E-state index is 13.0. The Morgan fingerprint density at radius 2 is 1.38 bits per heavy atom. The Bertz CT molecular complexity index is 800. The summed E-state index contributed by atoms with van der Waals surface area (Å²) >= 11 is 0. The average molecular weight is 357 g/mol. The van der Waals surface area contributed by atoms with Crippen LogP contribution in [-0.4, -0.2) is 17.7 Å². The second kappa shape index (κ2) is 8.24. The van der Waals surface area contributed by atoms with Gasteiger partial charge in [-0.2, -0.15) is 0 Å². The molecule has 2 rings (SSSR count). The fourth-order valence-corrected chi connectivity index (χ4v) is 2.42. The number of carbonyl (C=O) groups excluding carboxylic acids is 3. The molecule has 0 aliphatic rings.